The maximum atomic E-state index is 12.6. The van der Waals surface area contributed by atoms with Crippen LogP contribution in [-0.2, 0) is 16.6 Å². The number of fused-ring (bicyclic) bond motifs is 1. The Morgan fingerprint density at radius 3 is 2.57 bits per heavy atom. The largest absolute Gasteiger partial charge is 0.465 e. The first-order valence-corrected chi connectivity index (χ1v) is 8.37. The Balaban J connectivity index is 2.17. The van der Waals surface area contributed by atoms with Gasteiger partial charge in [0.15, 0.2) is 0 Å². The summed E-state index contributed by atoms with van der Waals surface area (Å²) in [4.78, 5) is 12.6. The van der Waals surface area contributed by atoms with E-state index in [0.29, 0.717) is 6.61 Å². The number of carbonyl (C=O) groups is 1. The summed E-state index contributed by atoms with van der Waals surface area (Å²) in [5.74, 6) is -0.639. The van der Waals surface area contributed by atoms with Crippen molar-refractivity contribution in [1.29, 1.82) is 0 Å². The maximum absolute atomic E-state index is 12.6. The van der Waals surface area contributed by atoms with Crippen molar-refractivity contribution in [3.8, 4) is 0 Å². The molecule has 0 fully saturated rings. The quantitative estimate of drug-likeness (QED) is 0.625. The van der Waals surface area contributed by atoms with Gasteiger partial charge in [-0.15, -0.1) is 0 Å². The number of rotatable bonds is 4. The van der Waals surface area contributed by atoms with Crippen molar-refractivity contribution >= 4 is 32.8 Å². The van der Waals surface area contributed by atoms with E-state index in [-0.39, 0.29) is 5.97 Å². The number of hydrogen-bond acceptors (Lipinski definition) is 2. The van der Waals surface area contributed by atoms with Gasteiger partial charge in [0, 0.05) is 28.6 Å². The molecule has 3 nitrogen and oxygen atoms in total. The van der Waals surface area contributed by atoms with E-state index >= 15 is 0 Å². The molecule has 1 atom stereocenters. The SMILES string of the molecule is CCOC(=O)C(c1ccc(Br)cc1)c1cn(C)c2ccccc12. The third-order valence-electron chi connectivity index (χ3n) is 3.96. The number of hydrogen-bond donors (Lipinski definition) is 0. The molecule has 0 radical (unpaired) electrons. The number of benzene rings is 2. The second-order valence-electron chi connectivity index (χ2n) is 5.45. The summed E-state index contributed by atoms with van der Waals surface area (Å²) in [5.41, 5.74) is 3.01. The number of para-hydroxylation sites is 1. The summed E-state index contributed by atoms with van der Waals surface area (Å²) in [6, 6.07) is 15.9. The van der Waals surface area contributed by atoms with Crippen molar-refractivity contribution in [3.63, 3.8) is 0 Å². The Morgan fingerprint density at radius 2 is 1.87 bits per heavy atom. The van der Waals surface area contributed by atoms with Gasteiger partial charge in [-0.1, -0.05) is 46.3 Å². The zero-order chi connectivity index (χ0) is 16.4. The predicted molar refractivity (Wildman–Crippen MR) is 95.5 cm³/mol. The second-order valence-corrected chi connectivity index (χ2v) is 6.36. The van der Waals surface area contributed by atoms with Crippen LogP contribution in [0, 0.1) is 0 Å². The molecule has 0 aliphatic carbocycles. The summed E-state index contributed by atoms with van der Waals surface area (Å²) >= 11 is 3.44. The first kappa shape index (κ1) is 15.8. The van der Waals surface area contributed by atoms with Crippen LogP contribution < -0.4 is 0 Å². The normalized spacial score (nSPS) is 12.3. The molecule has 4 heteroatoms. The molecule has 0 saturated heterocycles. The van der Waals surface area contributed by atoms with Crippen LogP contribution in [0.25, 0.3) is 10.9 Å². The van der Waals surface area contributed by atoms with E-state index in [2.05, 4.69) is 32.6 Å². The number of nitrogens with zero attached hydrogens (tertiary/aromatic N) is 1. The Bertz CT molecular complexity index is 836. The van der Waals surface area contributed by atoms with Crippen molar-refractivity contribution in [2.24, 2.45) is 7.05 Å². The molecule has 23 heavy (non-hydrogen) atoms. The molecule has 2 aromatic carbocycles. The van der Waals surface area contributed by atoms with E-state index in [0.717, 1.165) is 26.5 Å². The van der Waals surface area contributed by atoms with E-state index in [1.807, 2.05) is 56.6 Å². The average molecular weight is 372 g/mol. The molecule has 1 unspecified atom stereocenters. The lowest BCUT2D eigenvalue weighted by atomic mass is 9.91. The lowest BCUT2D eigenvalue weighted by Crippen LogP contribution is -2.17. The lowest BCUT2D eigenvalue weighted by molar-refractivity contribution is -0.143. The minimum atomic E-state index is -0.422. The summed E-state index contributed by atoms with van der Waals surface area (Å²) in [5, 5.41) is 1.08. The molecule has 0 bridgehead atoms. The van der Waals surface area contributed by atoms with E-state index in [1.54, 1.807) is 0 Å². The molecule has 0 aliphatic rings. The van der Waals surface area contributed by atoms with E-state index in [1.165, 1.54) is 0 Å². The Labute approximate surface area is 144 Å². The van der Waals surface area contributed by atoms with Crippen LogP contribution in [0.3, 0.4) is 0 Å². The minimum Gasteiger partial charge on any atom is -0.465 e. The van der Waals surface area contributed by atoms with E-state index in [9.17, 15) is 4.79 Å². The van der Waals surface area contributed by atoms with Gasteiger partial charge in [-0.3, -0.25) is 4.79 Å². The second kappa shape index (κ2) is 6.59. The summed E-state index contributed by atoms with van der Waals surface area (Å²) in [6.45, 7) is 2.20. The molecule has 3 rings (SSSR count). The fraction of sp³-hybridized carbons (Fsp3) is 0.211. The van der Waals surface area contributed by atoms with Gasteiger partial charge in [0.1, 0.15) is 5.92 Å². The minimum absolute atomic E-state index is 0.217. The van der Waals surface area contributed by atoms with Gasteiger partial charge < -0.3 is 9.30 Å². The van der Waals surface area contributed by atoms with Gasteiger partial charge in [-0.05, 0) is 36.2 Å². The molecule has 0 spiro atoms. The van der Waals surface area contributed by atoms with Crippen LogP contribution in [0.5, 0.6) is 0 Å². The first-order valence-electron chi connectivity index (χ1n) is 7.58. The monoisotopic (exact) mass is 371 g/mol. The van der Waals surface area contributed by atoms with Crippen LogP contribution >= 0.6 is 15.9 Å². The molecule has 0 N–H and O–H groups in total. The van der Waals surface area contributed by atoms with E-state index in [4.69, 9.17) is 4.74 Å². The number of aromatic nitrogens is 1. The van der Waals surface area contributed by atoms with Crippen LogP contribution in [0.15, 0.2) is 59.2 Å². The highest BCUT2D eigenvalue weighted by Crippen LogP contribution is 2.33. The number of ether oxygens (including phenoxy) is 1. The van der Waals surface area contributed by atoms with Crippen molar-refractivity contribution in [2.75, 3.05) is 6.61 Å². The lowest BCUT2D eigenvalue weighted by Gasteiger charge is -2.16. The number of esters is 1. The fourth-order valence-electron chi connectivity index (χ4n) is 2.93. The average Bonchev–Trinajstić information content (AvgIpc) is 2.87. The van der Waals surface area contributed by atoms with Crippen molar-refractivity contribution < 1.29 is 9.53 Å². The number of aryl methyl sites for hydroxylation is 1. The molecular formula is C19H18BrNO2. The smallest absolute Gasteiger partial charge is 0.317 e. The molecule has 118 valence electrons. The molecule has 1 aromatic heterocycles. The standard InChI is InChI=1S/C19H18BrNO2/c1-3-23-19(22)18(13-8-10-14(20)11-9-13)16-12-21(2)17-7-5-4-6-15(16)17/h4-12,18H,3H2,1-2H3. The first-order chi connectivity index (χ1) is 11.1. The number of halogens is 1. The molecule has 0 aliphatic heterocycles. The molecule has 0 amide bonds. The zero-order valence-corrected chi connectivity index (χ0v) is 14.7. The molecule has 0 saturated carbocycles. The summed E-state index contributed by atoms with van der Waals surface area (Å²) in [6.07, 6.45) is 2.02. The molecular weight excluding hydrogens is 354 g/mol. The van der Waals surface area contributed by atoms with Crippen LogP contribution in [-0.4, -0.2) is 17.1 Å². The highest BCUT2D eigenvalue weighted by molar-refractivity contribution is 9.10. The van der Waals surface area contributed by atoms with Gasteiger partial charge in [-0.25, -0.2) is 0 Å². The van der Waals surface area contributed by atoms with Gasteiger partial charge >= 0.3 is 5.97 Å². The van der Waals surface area contributed by atoms with Gasteiger partial charge in [0.05, 0.1) is 6.61 Å². The van der Waals surface area contributed by atoms with Crippen LogP contribution in [0.1, 0.15) is 24.0 Å². The summed E-state index contributed by atoms with van der Waals surface area (Å²) < 4.78 is 8.38. The fourth-order valence-corrected chi connectivity index (χ4v) is 3.19. The van der Waals surface area contributed by atoms with E-state index < -0.39 is 5.92 Å². The summed E-state index contributed by atoms with van der Waals surface area (Å²) in [7, 11) is 2.00. The van der Waals surface area contributed by atoms with Crippen molar-refractivity contribution in [3.05, 3.63) is 70.3 Å². The van der Waals surface area contributed by atoms with Gasteiger partial charge in [0.25, 0.3) is 0 Å². The van der Waals surface area contributed by atoms with Crippen molar-refractivity contribution in [2.45, 2.75) is 12.8 Å². The van der Waals surface area contributed by atoms with Crippen molar-refractivity contribution in [1.82, 2.24) is 4.57 Å². The molecule has 1 heterocycles. The van der Waals surface area contributed by atoms with Gasteiger partial charge in [0.2, 0.25) is 0 Å². The molecule has 3 aromatic rings. The third kappa shape index (κ3) is 3.04. The topological polar surface area (TPSA) is 31.2 Å². The Morgan fingerprint density at radius 1 is 1.17 bits per heavy atom. The number of carbonyl (C=O) groups excluding carboxylic acids is 1. The van der Waals surface area contributed by atoms with Gasteiger partial charge in [-0.2, -0.15) is 0 Å². The van der Waals surface area contributed by atoms with Crippen LogP contribution in [0.2, 0.25) is 0 Å². The Kier molecular flexibility index (Phi) is 4.53. The zero-order valence-electron chi connectivity index (χ0n) is 13.1. The highest BCUT2D eigenvalue weighted by atomic mass is 79.9. The highest BCUT2D eigenvalue weighted by Gasteiger charge is 2.27. The third-order valence-corrected chi connectivity index (χ3v) is 4.49. The maximum Gasteiger partial charge on any atom is 0.317 e. The Hall–Kier alpha value is -2.07. The predicted octanol–water partition coefficient (Wildman–Crippen LogP) is 4.64. The van der Waals surface area contributed by atoms with Crippen LogP contribution in [0.4, 0.5) is 0 Å².